The summed E-state index contributed by atoms with van der Waals surface area (Å²) in [5, 5.41) is 58.8. The number of aromatic hydroxyl groups is 4. The number of hydrogen-bond acceptors (Lipinski definition) is 26. The lowest BCUT2D eigenvalue weighted by atomic mass is 9.92. The molecule has 4 aliphatic carbocycles. The predicted octanol–water partition coefficient (Wildman–Crippen LogP) is 15.8. The van der Waals surface area contributed by atoms with Crippen LogP contribution in [0.2, 0.25) is 0 Å². The number of thiophene rings is 4. The maximum atomic E-state index is 14.7. The zero-order valence-corrected chi connectivity index (χ0v) is 81.6. The van der Waals surface area contributed by atoms with Crippen LogP contribution < -0.4 is 51.2 Å². The Labute approximate surface area is 854 Å². The zero-order valence-electron chi connectivity index (χ0n) is 78.4. The summed E-state index contributed by atoms with van der Waals surface area (Å²) in [6.45, 7) is 3.53. The number of rotatable bonds is 6. The second-order valence-corrected chi connectivity index (χ2v) is 40.6. The van der Waals surface area contributed by atoms with Gasteiger partial charge in [0.15, 0.2) is 45.8 Å². The fourth-order valence-electron chi connectivity index (χ4n) is 22.9. The summed E-state index contributed by atoms with van der Waals surface area (Å²) in [6, 6.07) is 57.6. The molecule has 0 spiro atoms. The number of ether oxygens (including phenoxy) is 6. The molecule has 4 saturated heterocycles. The number of hydrogen-bond donors (Lipinski definition) is 4. The van der Waals surface area contributed by atoms with Crippen molar-refractivity contribution < 1.29 is 85.6 Å². The molecule has 8 aliphatic heterocycles. The molecule has 4 N–H and O–H groups in total. The summed E-state index contributed by atoms with van der Waals surface area (Å²) in [5.41, 5.74) is 14.7. The normalized spacial score (nSPS) is 19.8. The molecule has 30 nitrogen and oxygen atoms in total. The molecule has 28 rings (SSSR count). The maximum absolute atomic E-state index is 14.7. The Morgan fingerprint density at radius 2 is 0.520 bits per heavy atom. The van der Waals surface area contributed by atoms with Crippen LogP contribution in [0.1, 0.15) is 111 Å². The Kier molecular flexibility index (Phi) is 22.9. The van der Waals surface area contributed by atoms with Crippen molar-refractivity contribution in [3.8, 4) is 121 Å². The van der Waals surface area contributed by atoms with E-state index in [2.05, 4.69) is 0 Å². The molecule has 0 saturated carbocycles. The second-order valence-electron chi connectivity index (χ2n) is 36.9. The van der Waals surface area contributed by atoms with Gasteiger partial charge in [0.05, 0.1) is 91.2 Å². The molecular formula is C110H84F4N12O18S4. The van der Waals surface area contributed by atoms with Crippen molar-refractivity contribution in [3.05, 3.63) is 384 Å². The van der Waals surface area contributed by atoms with Gasteiger partial charge in [0.25, 0.3) is 23.6 Å². The van der Waals surface area contributed by atoms with E-state index in [4.69, 9.17) is 28.4 Å². The predicted molar refractivity (Wildman–Crippen MR) is 546 cm³/mol. The van der Waals surface area contributed by atoms with Crippen molar-refractivity contribution in [2.24, 2.45) is 0 Å². The molecule has 12 aliphatic rings. The van der Waals surface area contributed by atoms with Crippen molar-refractivity contribution in [3.63, 3.8) is 0 Å². The first-order valence-electron chi connectivity index (χ1n) is 47.6. The van der Waals surface area contributed by atoms with Crippen LogP contribution >= 0.6 is 45.3 Å². The molecule has 38 heteroatoms. The highest BCUT2D eigenvalue weighted by Crippen LogP contribution is 2.58. The molecule has 148 heavy (non-hydrogen) atoms. The van der Waals surface area contributed by atoms with Crippen molar-refractivity contribution in [2.75, 3.05) is 113 Å². The van der Waals surface area contributed by atoms with Gasteiger partial charge in [-0.1, -0.05) is 72.8 Å². The van der Waals surface area contributed by atoms with E-state index in [0.29, 0.717) is 64.1 Å². The smallest absolute Gasteiger partial charge is 0.278 e. The van der Waals surface area contributed by atoms with E-state index in [1.165, 1.54) is 85.5 Å². The average molecular weight is 2070 g/mol. The number of amides is 4. The first kappa shape index (κ1) is 92.9. The molecule has 16 heterocycles. The third kappa shape index (κ3) is 14.6. The van der Waals surface area contributed by atoms with Crippen LogP contribution in [0.5, 0.6) is 34.5 Å². The SMILES string of the molecule is COc1ccc2c(c1)[C@@H](N1[C@@H]3COCCN3C(=O)c3c(O)c(=O)ccn31)c1ccc(F)cc1-c1ccsc1-2.COc1ccc2c(c1)[C@H](N1[C@@H]3COCCN3C(=O)c3c(O)c(=O)ccn31)c1ccc(F)cc1-c1ccsc1-2.O=C1c2c(O)c(=O)ccn2N([C@@H]2c3ccc(F)cc3-c3ccsc3-c3ccccc32)[C@@H]2COCCN12.O=C1c2c(O)c(=O)ccn2N([C@H]2c3ccc(F)cc3-c3ccsc3-c3ccccc32)[C@@H]2COCCN12. The first-order valence-corrected chi connectivity index (χ1v) is 51.1. The fraction of sp³-hybridized carbons (Fsp3) is 0.200. The highest BCUT2D eigenvalue weighted by atomic mass is 32.1. The Morgan fingerprint density at radius 3 is 0.784 bits per heavy atom. The summed E-state index contributed by atoms with van der Waals surface area (Å²) < 4.78 is 99.5. The molecule has 0 radical (unpaired) electrons. The molecule has 0 unspecified atom stereocenters. The molecule has 4 amide bonds. The number of morpholine rings is 4. The third-order valence-electron chi connectivity index (χ3n) is 29.4. The Balaban J connectivity index is 0.000000103. The number of carbonyl (C=O) groups is 4. The number of aromatic nitrogens is 4. The molecule has 8 aromatic heterocycles. The molecule has 4 fully saturated rings. The van der Waals surface area contributed by atoms with Gasteiger partial charge in [-0.25, -0.2) is 17.6 Å². The number of methoxy groups -OCH3 is 2. The third-order valence-corrected chi connectivity index (χ3v) is 33.2. The number of nitrogens with zero attached hydrogens (tertiary/aromatic N) is 12. The van der Waals surface area contributed by atoms with E-state index in [-0.39, 0.29) is 72.5 Å². The van der Waals surface area contributed by atoms with Gasteiger partial charge in [-0.15, -0.1) is 45.3 Å². The Hall–Kier alpha value is -16.2. The lowest BCUT2D eigenvalue weighted by Crippen LogP contribution is -2.66. The molecule has 16 aromatic rings. The number of fused-ring (bicyclic) bond motifs is 28. The average Bonchev–Trinajstić information content (AvgIpc) is 1.44. The molecule has 744 valence electrons. The van der Waals surface area contributed by atoms with Gasteiger partial charge in [-0.3, -0.25) is 77.1 Å². The molecular weight excluding hydrogens is 1980 g/mol. The van der Waals surface area contributed by atoms with Crippen LogP contribution in [0.25, 0.3) is 86.3 Å². The van der Waals surface area contributed by atoms with Crippen LogP contribution in [-0.4, -0.2) is 200 Å². The van der Waals surface area contributed by atoms with Gasteiger partial charge in [0.2, 0.25) is 21.7 Å². The number of pyridine rings is 4. The van der Waals surface area contributed by atoms with Crippen LogP contribution in [0, 0.1) is 23.3 Å². The molecule has 8 aromatic carbocycles. The monoisotopic (exact) mass is 2060 g/mol. The van der Waals surface area contributed by atoms with Gasteiger partial charge in [0.1, 0.15) is 59.4 Å². The van der Waals surface area contributed by atoms with E-state index in [9.17, 15) is 76.3 Å². The van der Waals surface area contributed by atoms with E-state index in [0.717, 1.165) is 131 Å². The highest BCUT2D eigenvalue weighted by Gasteiger charge is 2.53. The van der Waals surface area contributed by atoms with Crippen molar-refractivity contribution in [1.82, 2.24) is 38.3 Å². The fourth-order valence-corrected chi connectivity index (χ4v) is 26.8. The summed E-state index contributed by atoms with van der Waals surface area (Å²) in [7, 11) is 3.20. The van der Waals surface area contributed by atoms with Gasteiger partial charge in [0, 0.05) is 117 Å². The summed E-state index contributed by atoms with van der Waals surface area (Å²) in [6.07, 6.45) is 3.94. The minimum absolute atomic E-state index is 0.0826. The van der Waals surface area contributed by atoms with Crippen LogP contribution in [-0.2, 0) is 18.9 Å². The summed E-state index contributed by atoms with van der Waals surface area (Å²) >= 11 is 6.32. The van der Waals surface area contributed by atoms with Crippen LogP contribution in [0.3, 0.4) is 0 Å². The number of benzene rings is 8. The van der Waals surface area contributed by atoms with Gasteiger partial charge in [-0.2, -0.15) is 0 Å². The van der Waals surface area contributed by atoms with Gasteiger partial charge in [-0.05, 0) is 220 Å². The maximum Gasteiger partial charge on any atom is 0.278 e. The van der Waals surface area contributed by atoms with Gasteiger partial charge >= 0.3 is 0 Å². The largest absolute Gasteiger partial charge is 0.502 e. The Bertz CT molecular complexity index is 8040. The van der Waals surface area contributed by atoms with Gasteiger partial charge < -0.3 is 68.4 Å². The highest BCUT2D eigenvalue weighted by molar-refractivity contribution is 7.15. The minimum atomic E-state index is -0.635. The van der Waals surface area contributed by atoms with Crippen molar-refractivity contribution in [1.29, 1.82) is 0 Å². The number of halogens is 4. The molecule has 0 bridgehead atoms. The van der Waals surface area contributed by atoms with Crippen LogP contribution in [0.4, 0.5) is 17.6 Å². The van der Waals surface area contributed by atoms with Crippen molar-refractivity contribution in [2.45, 2.75) is 48.8 Å². The summed E-state index contributed by atoms with van der Waals surface area (Å²) in [4.78, 5) is 114. The lowest BCUT2D eigenvalue weighted by Gasteiger charge is -2.51. The Morgan fingerprint density at radius 1 is 0.277 bits per heavy atom. The zero-order chi connectivity index (χ0) is 101. The number of carbonyl (C=O) groups excluding carboxylic acids is 4. The van der Waals surface area contributed by atoms with E-state index < -0.39 is 117 Å². The molecule has 8 atom stereocenters. The van der Waals surface area contributed by atoms with E-state index >= 15 is 0 Å². The lowest BCUT2D eigenvalue weighted by molar-refractivity contribution is -0.0197. The quantitative estimate of drug-likeness (QED) is 0.112. The standard InChI is InChI=1S/2C28H22FN3O5S.2C27H20FN3O4S/c2*1-36-16-3-5-18-21(13-16)24(17-4-2-15(29)12-20(17)19-7-11-38-27(18)19)32-23-14-37-10-9-30(23)28(35)25-26(34)22(33)6-8-31(25)32;2*28-15-5-6-17-20(13-15)19-8-12-36-26(19)18-4-2-1-3-16(18)23(17)31-22-14-35-11-10-29(22)27(34)24-25(33)21(32)7-9-30(24)31/h2*2-8,11-13,23-24,34H,9-10,14H2,1H3;2*1-9,12-13,22-23,33H,10-11,14H2/t23-,24+;23-,24-;22-,23+;22-,23-/m1111/s1. The van der Waals surface area contributed by atoms with E-state index in [1.807, 2.05) is 151 Å². The van der Waals surface area contributed by atoms with Crippen molar-refractivity contribution >= 4 is 69.0 Å². The minimum Gasteiger partial charge on any atom is -0.502 e. The second kappa shape index (κ2) is 36.5. The summed E-state index contributed by atoms with van der Waals surface area (Å²) in [5.74, 6) is -4.22. The van der Waals surface area contributed by atoms with E-state index in [1.54, 1.807) is 134 Å². The van der Waals surface area contributed by atoms with Crippen LogP contribution in [0.15, 0.2) is 272 Å². The first-order chi connectivity index (χ1) is 72.0. The topological polar surface area (TPSA) is 319 Å².